The van der Waals surface area contributed by atoms with E-state index >= 15 is 0 Å². The summed E-state index contributed by atoms with van der Waals surface area (Å²) in [6.45, 7) is 2.46. The molecular weight excluding hydrogens is 338 g/mol. The summed E-state index contributed by atoms with van der Waals surface area (Å²) in [5.41, 5.74) is 2.53. The second kappa shape index (κ2) is 7.23. The molecule has 1 aliphatic carbocycles. The lowest BCUT2D eigenvalue weighted by molar-refractivity contribution is -0.120. The molecule has 0 aliphatic heterocycles. The van der Waals surface area contributed by atoms with Crippen LogP contribution in [0.2, 0.25) is 0 Å². The van der Waals surface area contributed by atoms with Crippen LogP contribution >= 0.6 is 0 Å². The molecule has 0 saturated carbocycles. The van der Waals surface area contributed by atoms with E-state index in [4.69, 9.17) is 4.74 Å². The van der Waals surface area contributed by atoms with Crippen LogP contribution in [0.25, 0.3) is 10.8 Å². The normalized spacial score (nSPS) is 12.9. The molecule has 0 bridgehead atoms. The summed E-state index contributed by atoms with van der Waals surface area (Å²) < 4.78 is 5.83. The van der Waals surface area contributed by atoms with E-state index in [1.54, 1.807) is 4.90 Å². The molecule has 4 heteroatoms. The van der Waals surface area contributed by atoms with Crippen LogP contribution < -0.4 is 9.64 Å². The molecule has 4 nitrogen and oxygen atoms in total. The molecule has 3 aromatic carbocycles. The highest BCUT2D eigenvalue weighted by molar-refractivity contribution is 6.04. The fourth-order valence-electron chi connectivity index (χ4n) is 3.74. The number of fused-ring (bicyclic) bond motifs is 2. The largest absolute Gasteiger partial charge is 0.483 e. The molecule has 0 N–H and O–H groups in total. The molecule has 0 fully saturated rings. The monoisotopic (exact) mass is 359 g/mol. The van der Waals surface area contributed by atoms with E-state index in [1.165, 1.54) is 0 Å². The van der Waals surface area contributed by atoms with Crippen molar-refractivity contribution < 1.29 is 14.3 Å². The number of ketones is 1. The number of amides is 1. The predicted molar refractivity (Wildman–Crippen MR) is 107 cm³/mol. The SMILES string of the molecule is CCN(C(=O)COc1cccc2c1CCC2=O)c1cccc2ccccc12. The zero-order chi connectivity index (χ0) is 18.8. The fraction of sp³-hybridized carbons (Fsp3) is 0.217. The van der Waals surface area contributed by atoms with Gasteiger partial charge in [0, 0.05) is 29.5 Å². The van der Waals surface area contributed by atoms with E-state index in [-0.39, 0.29) is 18.3 Å². The van der Waals surface area contributed by atoms with Crippen molar-refractivity contribution in [1.82, 2.24) is 0 Å². The van der Waals surface area contributed by atoms with Gasteiger partial charge in [0.25, 0.3) is 5.91 Å². The molecule has 0 unspecified atom stereocenters. The van der Waals surface area contributed by atoms with Gasteiger partial charge in [-0.25, -0.2) is 0 Å². The molecular formula is C23H21NO3. The summed E-state index contributed by atoms with van der Waals surface area (Å²) in [5.74, 6) is 0.684. The van der Waals surface area contributed by atoms with Gasteiger partial charge in [0.05, 0.1) is 5.69 Å². The zero-order valence-electron chi connectivity index (χ0n) is 15.3. The van der Waals surface area contributed by atoms with Gasteiger partial charge in [0.2, 0.25) is 0 Å². The number of hydrogen-bond donors (Lipinski definition) is 0. The van der Waals surface area contributed by atoms with Gasteiger partial charge >= 0.3 is 0 Å². The van der Waals surface area contributed by atoms with E-state index in [2.05, 4.69) is 0 Å². The number of carbonyl (C=O) groups excluding carboxylic acids is 2. The van der Waals surface area contributed by atoms with Gasteiger partial charge < -0.3 is 9.64 Å². The molecule has 4 rings (SSSR count). The van der Waals surface area contributed by atoms with Gasteiger partial charge in [-0.1, -0.05) is 48.5 Å². The van der Waals surface area contributed by atoms with Crippen molar-refractivity contribution in [2.45, 2.75) is 19.8 Å². The minimum Gasteiger partial charge on any atom is -0.483 e. The van der Waals surface area contributed by atoms with Crippen LogP contribution in [0.5, 0.6) is 5.75 Å². The Morgan fingerprint density at radius 3 is 2.63 bits per heavy atom. The number of carbonyl (C=O) groups is 2. The van der Waals surface area contributed by atoms with E-state index in [9.17, 15) is 9.59 Å². The molecule has 0 spiro atoms. The summed E-state index contributed by atoms with van der Waals surface area (Å²) in [6, 6.07) is 19.5. The van der Waals surface area contributed by atoms with Crippen LogP contribution in [0.3, 0.4) is 0 Å². The van der Waals surface area contributed by atoms with Crippen LogP contribution in [0.15, 0.2) is 60.7 Å². The molecule has 3 aromatic rings. The Bertz CT molecular complexity index is 1020. The molecule has 0 saturated heterocycles. The number of hydrogen-bond acceptors (Lipinski definition) is 3. The summed E-state index contributed by atoms with van der Waals surface area (Å²) in [5, 5.41) is 2.14. The molecule has 0 radical (unpaired) electrons. The highest BCUT2D eigenvalue weighted by atomic mass is 16.5. The Balaban J connectivity index is 1.56. The van der Waals surface area contributed by atoms with Gasteiger partial charge in [-0.05, 0) is 30.9 Å². The van der Waals surface area contributed by atoms with Crippen molar-refractivity contribution in [1.29, 1.82) is 0 Å². The minimum atomic E-state index is -0.101. The number of rotatable bonds is 5. The van der Waals surface area contributed by atoms with Gasteiger partial charge in [-0.3, -0.25) is 9.59 Å². The minimum absolute atomic E-state index is 0.0539. The first-order valence-corrected chi connectivity index (χ1v) is 9.25. The highest BCUT2D eigenvalue weighted by Gasteiger charge is 2.23. The lowest BCUT2D eigenvalue weighted by atomic mass is 10.1. The summed E-state index contributed by atoms with van der Waals surface area (Å²) in [7, 11) is 0. The average molecular weight is 359 g/mol. The standard InChI is InChI=1S/C23H21NO3/c1-2-24(20-11-5-8-16-7-3-4-9-17(16)20)23(26)15-27-22-12-6-10-18-19(22)13-14-21(18)25/h3-12H,2,13-15H2,1H3. The smallest absolute Gasteiger partial charge is 0.264 e. The quantitative estimate of drug-likeness (QED) is 0.678. The van der Waals surface area contributed by atoms with E-state index in [0.717, 1.165) is 27.6 Å². The topological polar surface area (TPSA) is 46.6 Å². The van der Waals surface area contributed by atoms with Crippen LogP contribution in [-0.4, -0.2) is 24.8 Å². The Morgan fingerprint density at radius 1 is 1.00 bits per heavy atom. The molecule has 136 valence electrons. The zero-order valence-corrected chi connectivity index (χ0v) is 15.3. The molecule has 0 heterocycles. The van der Waals surface area contributed by atoms with E-state index in [1.807, 2.05) is 67.6 Å². The number of ether oxygens (including phenoxy) is 1. The van der Waals surface area contributed by atoms with E-state index < -0.39 is 0 Å². The third kappa shape index (κ3) is 3.19. The van der Waals surface area contributed by atoms with Gasteiger partial charge in [-0.2, -0.15) is 0 Å². The van der Waals surface area contributed by atoms with Crippen LogP contribution in [0.4, 0.5) is 5.69 Å². The number of Topliss-reactive ketones (excluding diaryl/α,β-unsaturated/α-hetero) is 1. The van der Waals surface area contributed by atoms with Crippen molar-refractivity contribution in [2.75, 3.05) is 18.1 Å². The first kappa shape index (κ1) is 17.3. The fourth-order valence-corrected chi connectivity index (χ4v) is 3.74. The highest BCUT2D eigenvalue weighted by Crippen LogP contribution is 2.31. The molecule has 27 heavy (non-hydrogen) atoms. The van der Waals surface area contributed by atoms with Crippen LogP contribution in [0.1, 0.15) is 29.3 Å². The maximum absolute atomic E-state index is 12.9. The first-order valence-electron chi connectivity index (χ1n) is 9.25. The number of nitrogens with zero attached hydrogens (tertiary/aromatic N) is 1. The second-order valence-electron chi connectivity index (χ2n) is 6.63. The third-order valence-corrected chi connectivity index (χ3v) is 5.06. The Morgan fingerprint density at radius 2 is 1.78 bits per heavy atom. The van der Waals surface area contributed by atoms with Crippen molar-refractivity contribution in [2.24, 2.45) is 0 Å². The number of anilines is 1. The van der Waals surface area contributed by atoms with Crippen molar-refractivity contribution in [3.8, 4) is 5.75 Å². The van der Waals surface area contributed by atoms with Gasteiger partial charge in [-0.15, -0.1) is 0 Å². The molecule has 0 atom stereocenters. The molecule has 0 aromatic heterocycles. The number of benzene rings is 3. The lowest BCUT2D eigenvalue weighted by Gasteiger charge is -2.23. The van der Waals surface area contributed by atoms with Crippen molar-refractivity contribution >= 4 is 28.2 Å². The molecule has 1 aliphatic rings. The average Bonchev–Trinajstić information content (AvgIpc) is 3.09. The van der Waals surface area contributed by atoms with Gasteiger partial charge in [0.15, 0.2) is 12.4 Å². The van der Waals surface area contributed by atoms with Crippen LogP contribution in [-0.2, 0) is 11.2 Å². The second-order valence-corrected chi connectivity index (χ2v) is 6.63. The Kier molecular flexibility index (Phi) is 4.63. The summed E-state index contributed by atoms with van der Waals surface area (Å²) >= 11 is 0. The van der Waals surface area contributed by atoms with Crippen LogP contribution in [0, 0.1) is 0 Å². The third-order valence-electron chi connectivity index (χ3n) is 5.06. The Hall–Kier alpha value is -3.14. The van der Waals surface area contributed by atoms with Crippen molar-refractivity contribution in [3.05, 3.63) is 71.8 Å². The van der Waals surface area contributed by atoms with Crippen molar-refractivity contribution in [3.63, 3.8) is 0 Å². The number of likely N-dealkylation sites (N-methyl/N-ethyl adjacent to an activating group) is 1. The summed E-state index contributed by atoms with van der Waals surface area (Å²) in [6.07, 6.45) is 1.19. The lowest BCUT2D eigenvalue weighted by Crippen LogP contribution is -2.35. The van der Waals surface area contributed by atoms with Gasteiger partial charge in [0.1, 0.15) is 5.75 Å². The maximum Gasteiger partial charge on any atom is 0.264 e. The first-order chi connectivity index (χ1) is 13.2. The summed E-state index contributed by atoms with van der Waals surface area (Å²) in [4.78, 5) is 26.5. The maximum atomic E-state index is 12.9. The predicted octanol–water partition coefficient (Wildman–Crippen LogP) is 4.40. The molecule has 1 amide bonds. The van der Waals surface area contributed by atoms with E-state index in [0.29, 0.717) is 25.1 Å². The Labute approximate surface area is 158 Å².